The molecule has 7 nitrogen and oxygen atoms in total. The van der Waals surface area contributed by atoms with E-state index in [1.54, 1.807) is 19.2 Å². The summed E-state index contributed by atoms with van der Waals surface area (Å²) in [5.74, 6) is 0.789. The number of ether oxygens (including phenoxy) is 1. The Labute approximate surface area is 185 Å². The van der Waals surface area contributed by atoms with Crippen LogP contribution in [0.15, 0.2) is 34.2 Å². The van der Waals surface area contributed by atoms with Crippen molar-refractivity contribution in [2.75, 3.05) is 20.2 Å². The average Bonchev–Trinajstić information content (AvgIpc) is 3.38. The fourth-order valence-electron chi connectivity index (χ4n) is 3.52. The van der Waals surface area contributed by atoms with E-state index in [4.69, 9.17) is 4.74 Å². The Kier molecular flexibility index (Phi) is 9.45. The van der Waals surface area contributed by atoms with Crippen LogP contribution in [-0.2, 0) is 21.3 Å². The first-order valence-corrected chi connectivity index (χ1v) is 11.2. The van der Waals surface area contributed by atoms with Crippen LogP contribution in [0.3, 0.4) is 0 Å². The molecule has 158 valence electrons. The first kappa shape index (κ1) is 23.4. The molecule has 28 heavy (non-hydrogen) atoms. The number of hydrogen-bond acceptors (Lipinski definition) is 4. The molecule has 3 N–H and O–H groups in total. The quantitative estimate of drug-likeness (QED) is 0.291. The minimum atomic E-state index is -3.50. The van der Waals surface area contributed by atoms with Crippen LogP contribution in [0.25, 0.3) is 0 Å². The molecule has 0 spiro atoms. The summed E-state index contributed by atoms with van der Waals surface area (Å²) >= 11 is 0. The van der Waals surface area contributed by atoms with Gasteiger partial charge in [-0.15, -0.1) is 24.0 Å². The standard InChI is InChI=1S/C19H30N4O3S.HI/c1-20-19(23-16-5-2-3-6-16)21-13-15-8-10-18(11-9-15)27(24,25)22-14-17-7-4-12-26-17;/h8-11,16-17,22H,2-7,12-14H2,1H3,(H2,20,21,23);1H. The van der Waals surface area contributed by atoms with Gasteiger partial charge in [0.25, 0.3) is 0 Å². The molecule has 0 radical (unpaired) electrons. The molecule has 3 rings (SSSR count). The average molecular weight is 522 g/mol. The van der Waals surface area contributed by atoms with Crippen LogP contribution in [0, 0.1) is 0 Å². The van der Waals surface area contributed by atoms with Gasteiger partial charge in [-0.05, 0) is 43.4 Å². The molecule has 1 aliphatic heterocycles. The number of aliphatic imine (C=N–C) groups is 1. The molecule has 0 bridgehead atoms. The normalized spacial score (nSPS) is 20.8. The summed E-state index contributed by atoms with van der Waals surface area (Å²) in [6.45, 7) is 1.64. The van der Waals surface area contributed by atoms with Crippen molar-refractivity contribution >= 4 is 40.0 Å². The van der Waals surface area contributed by atoms with Crippen LogP contribution in [-0.4, -0.2) is 46.7 Å². The second-order valence-electron chi connectivity index (χ2n) is 7.18. The molecule has 1 unspecified atom stereocenters. The van der Waals surface area contributed by atoms with Gasteiger partial charge in [-0.2, -0.15) is 0 Å². The van der Waals surface area contributed by atoms with Crippen LogP contribution in [0.4, 0.5) is 0 Å². The zero-order valence-corrected chi connectivity index (χ0v) is 19.5. The molecule has 0 amide bonds. The van der Waals surface area contributed by atoms with Gasteiger partial charge in [0.2, 0.25) is 10.0 Å². The zero-order valence-electron chi connectivity index (χ0n) is 16.3. The Balaban J connectivity index is 0.00000280. The first-order chi connectivity index (χ1) is 13.1. The minimum absolute atomic E-state index is 0. The van der Waals surface area contributed by atoms with Crippen molar-refractivity contribution < 1.29 is 13.2 Å². The maximum absolute atomic E-state index is 12.4. The molecular formula is C19H31IN4O3S. The van der Waals surface area contributed by atoms with Crippen molar-refractivity contribution in [1.29, 1.82) is 0 Å². The molecular weight excluding hydrogens is 491 g/mol. The van der Waals surface area contributed by atoms with Crippen molar-refractivity contribution in [3.8, 4) is 0 Å². The van der Waals surface area contributed by atoms with E-state index in [1.165, 1.54) is 25.7 Å². The SMILES string of the molecule is CN=C(NCc1ccc(S(=O)(=O)NCC2CCCO2)cc1)NC1CCCC1.I. The van der Waals surface area contributed by atoms with Crippen molar-refractivity contribution in [3.05, 3.63) is 29.8 Å². The third-order valence-corrected chi connectivity index (χ3v) is 6.58. The predicted octanol–water partition coefficient (Wildman–Crippen LogP) is 2.37. The number of rotatable bonds is 7. The van der Waals surface area contributed by atoms with E-state index in [9.17, 15) is 8.42 Å². The van der Waals surface area contributed by atoms with Crippen LogP contribution in [0.5, 0.6) is 0 Å². The lowest BCUT2D eigenvalue weighted by Crippen LogP contribution is -2.41. The number of nitrogens with zero attached hydrogens (tertiary/aromatic N) is 1. The van der Waals surface area contributed by atoms with Crippen molar-refractivity contribution in [2.24, 2.45) is 4.99 Å². The molecule has 9 heteroatoms. The Bertz CT molecular complexity index is 728. The minimum Gasteiger partial charge on any atom is -0.377 e. The number of nitrogens with one attached hydrogen (secondary N) is 3. The van der Waals surface area contributed by atoms with Crippen molar-refractivity contribution in [2.45, 2.75) is 62.1 Å². The maximum Gasteiger partial charge on any atom is 0.240 e. The number of guanidine groups is 1. The van der Waals surface area contributed by atoms with E-state index >= 15 is 0 Å². The predicted molar refractivity (Wildman–Crippen MR) is 122 cm³/mol. The number of sulfonamides is 1. The summed E-state index contributed by atoms with van der Waals surface area (Å²) in [6, 6.07) is 7.44. The lowest BCUT2D eigenvalue weighted by Gasteiger charge is -2.17. The number of halogens is 1. The van der Waals surface area contributed by atoms with E-state index in [1.807, 2.05) is 12.1 Å². The molecule has 0 aromatic heterocycles. The van der Waals surface area contributed by atoms with Crippen LogP contribution in [0.2, 0.25) is 0 Å². The van der Waals surface area contributed by atoms with E-state index in [0.29, 0.717) is 25.7 Å². The van der Waals surface area contributed by atoms with Gasteiger partial charge in [-0.3, -0.25) is 4.99 Å². The Morgan fingerprint density at radius 1 is 1.14 bits per heavy atom. The molecule has 2 aliphatic rings. The van der Waals surface area contributed by atoms with Gasteiger partial charge in [0.1, 0.15) is 0 Å². The van der Waals surface area contributed by atoms with Crippen molar-refractivity contribution in [3.63, 3.8) is 0 Å². The molecule has 1 saturated heterocycles. The van der Waals surface area contributed by atoms with Gasteiger partial charge in [0.05, 0.1) is 11.0 Å². The molecule has 1 saturated carbocycles. The molecule has 1 aromatic carbocycles. The summed E-state index contributed by atoms with van der Waals surface area (Å²) < 4.78 is 32.9. The molecule has 1 aromatic rings. The highest BCUT2D eigenvalue weighted by molar-refractivity contribution is 14.0. The monoisotopic (exact) mass is 522 g/mol. The van der Waals surface area contributed by atoms with Crippen LogP contribution in [0.1, 0.15) is 44.1 Å². The summed E-state index contributed by atoms with van der Waals surface area (Å²) in [5, 5.41) is 6.73. The van der Waals surface area contributed by atoms with E-state index < -0.39 is 10.0 Å². The number of hydrogen-bond donors (Lipinski definition) is 3. The third kappa shape index (κ3) is 6.85. The third-order valence-electron chi connectivity index (χ3n) is 5.14. The van der Waals surface area contributed by atoms with Gasteiger partial charge in [0.15, 0.2) is 5.96 Å². The highest BCUT2D eigenvalue weighted by Crippen LogP contribution is 2.17. The fraction of sp³-hybridized carbons (Fsp3) is 0.632. The van der Waals surface area contributed by atoms with Gasteiger partial charge in [-0.25, -0.2) is 13.1 Å². The highest BCUT2D eigenvalue weighted by atomic mass is 127. The smallest absolute Gasteiger partial charge is 0.240 e. The summed E-state index contributed by atoms with van der Waals surface area (Å²) in [7, 11) is -1.74. The fourth-order valence-corrected chi connectivity index (χ4v) is 4.59. The van der Waals surface area contributed by atoms with E-state index in [0.717, 1.165) is 24.4 Å². The van der Waals surface area contributed by atoms with Crippen LogP contribution < -0.4 is 15.4 Å². The Hall–Kier alpha value is -0.910. The highest BCUT2D eigenvalue weighted by Gasteiger charge is 2.20. The van der Waals surface area contributed by atoms with Crippen LogP contribution >= 0.6 is 24.0 Å². The Morgan fingerprint density at radius 3 is 2.46 bits per heavy atom. The van der Waals surface area contributed by atoms with Gasteiger partial charge < -0.3 is 15.4 Å². The van der Waals surface area contributed by atoms with Gasteiger partial charge >= 0.3 is 0 Å². The molecule has 1 aliphatic carbocycles. The van der Waals surface area contributed by atoms with Gasteiger partial charge in [-0.1, -0.05) is 25.0 Å². The molecule has 1 atom stereocenters. The lowest BCUT2D eigenvalue weighted by molar-refractivity contribution is 0.114. The summed E-state index contributed by atoms with van der Waals surface area (Å²) in [5.41, 5.74) is 1.00. The molecule has 1 heterocycles. The summed E-state index contributed by atoms with van der Waals surface area (Å²) in [6.07, 6.45) is 6.80. The summed E-state index contributed by atoms with van der Waals surface area (Å²) in [4.78, 5) is 4.54. The van der Waals surface area contributed by atoms with E-state index in [-0.39, 0.29) is 35.0 Å². The largest absolute Gasteiger partial charge is 0.377 e. The van der Waals surface area contributed by atoms with Crippen molar-refractivity contribution in [1.82, 2.24) is 15.4 Å². The van der Waals surface area contributed by atoms with Gasteiger partial charge in [0, 0.05) is 32.8 Å². The first-order valence-electron chi connectivity index (χ1n) is 9.74. The molecule has 2 fully saturated rings. The van der Waals surface area contributed by atoms with E-state index in [2.05, 4.69) is 20.3 Å². The second kappa shape index (κ2) is 11.3. The lowest BCUT2D eigenvalue weighted by atomic mass is 10.2. The maximum atomic E-state index is 12.4. The number of benzene rings is 1. The zero-order chi connectivity index (χ0) is 19.1. The topological polar surface area (TPSA) is 91.8 Å². The second-order valence-corrected chi connectivity index (χ2v) is 8.95. The Morgan fingerprint density at radius 2 is 1.86 bits per heavy atom.